The summed E-state index contributed by atoms with van der Waals surface area (Å²) < 4.78 is 0. The van der Waals surface area contributed by atoms with E-state index in [9.17, 15) is 10.2 Å². The van der Waals surface area contributed by atoms with E-state index >= 15 is 0 Å². The van der Waals surface area contributed by atoms with Crippen LogP contribution in [-0.2, 0) is 0 Å². The standard InChI is InChI=1S/C22H23NO2/c1-14-5-7-21(24)19(12-14)23(18-10-16(3)9-17(4)11-18)20-13-15(2)6-8-22(20)25/h5-13,24-25H,1-4H3. The van der Waals surface area contributed by atoms with Gasteiger partial charge in [0.1, 0.15) is 11.5 Å². The van der Waals surface area contributed by atoms with Crippen LogP contribution in [-0.4, -0.2) is 10.2 Å². The van der Waals surface area contributed by atoms with Crippen molar-refractivity contribution in [3.8, 4) is 11.5 Å². The average Bonchev–Trinajstić information content (AvgIpc) is 2.53. The van der Waals surface area contributed by atoms with Crippen molar-refractivity contribution in [1.29, 1.82) is 0 Å². The van der Waals surface area contributed by atoms with E-state index in [0.717, 1.165) is 27.9 Å². The molecule has 3 aromatic rings. The predicted molar refractivity (Wildman–Crippen MR) is 103 cm³/mol. The van der Waals surface area contributed by atoms with Gasteiger partial charge in [-0.3, -0.25) is 0 Å². The number of hydrogen-bond acceptors (Lipinski definition) is 3. The van der Waals surface area contributed by atoms with E-state index in [1.54, 1.807) is 12.1 Å². The molecule has 25 heavy (non-hydrogen) atoms. The highest BCUT2D eigenvalue weighted by Gasteiger charge is 2.19. The fourth-order valence-electron chi connectivity index (χ4n) is 3.11. The van der Waals surface area contributed by atoms with E-state index in [1.165, 1.54) is 0 Å². The van der Waals surface area contributed by atoms with Crippen LogP contribution in [0.15, 0.2) is 54.6 Å². The minimum Gasteiger partial charge on any atom is -0.506 e. The second-order valence-corrected chi connectivity index (χ2v) is 6.67. The zero-order valence-electron chi connectivity index (χ0n) is 15.0. The molecule has 3 heteroatoms. The number of rotatable bonds is 3. The first-order valence-electron chi connectivity index (χ1n) is 8.33. The lowest BCUT2D eigenvalue weighted by Gasteiger charge is -2.28. The highest BCUT2D eigenvalue weighted by molar-refractivity contribution is 5.83. The fourth-order valence-corrected chi connectivity index (χ4v) is 3.11. The van der Waals surface area contributed by atoms with E-state index in [1.807, 2.05) is 56.9 Å². The maximum atomic E-state index is 10.5. The van der Waals surface area contributed by atoms with Crippen LogP contribution >= 0.6 is 0 Å². The second-order valence-electron chi connectivity index (χ2n) is 6.67. The summed E-state index contributed by atoms with van der Waals surface area (Å²) in [6.45, 7) is 8.05. The van der Waals surface area contributed by atoms with Crippen molar-refractivity contribution in [2.45, 2.75) is 27.7 Å². The third-order valence-corrected chi connectivity index (χ3v) is 4.21. The number of phenols is 2. The van der Waals surface area contributed by atoms with E-state index < -0.39 is 0 Å². The summed E-state index contributed by atoms with van der Waals surface area (Å²) >= 11 is 0. The lowest BCUT2D eigenvalue weighted by Crippen LogP contribution is -2.11. The first-order chi connectivity index (χ1) is 11.8. The Labute approximate surface area is 148 Å². The minimum atomic E-state index is 0.172. The van der Waals surface area contributed by atoms with Gasteiger partial charge in [-0.05, 0) is 86.3 Å². The van der Waals surface area contributed by atoms with Gasteiger partial charge in [-0.25, -0.2) is 0 Å². The summed E-state index contributed by atoms with van der Waals surface area (Å²) in [7, 11) is 0. The molecule has 0 aliphatic rings. The molecular formula is C22H23NO2. The molecule has 128 valence electrons. The number of nitrogens with zero attached hydrogens (tertiary/aromatic N) is 1. The van der Waals surface area contributed by atoms with Crippen molar-refractivity contribution >= 4 is 17.1 Å². The Morgan fingerprint density at radius 1 is 0.560 bits per heavy atom. The Bertz CT molecular complexity index is 860. The first kappa shape index (κ1) is 16.9. The maximum Gasteiger partial charge on any atom is 0.139 e. The summed E-state index contributed by atoms with van der Waals surface area (Å²) in [4.78, 5) is 1.91. The topological polar surface area (TPSA) is 43.7 Å². The van der Waals surface area contributed by atoms with Gasteiger partial charge in [-0.1, -0.05) is 18.2 Å². The summed E-state index contributed by atoms with van der Waals surface area (Å²) in [5.41, 5.74) is 6.51. The van der Waals surface area contributed by atoms with Crippen molar-refractivity contribution in [3.05, 3.63) is 76.9 Å². The van der Waals surface area contributed by atoms with Crippen LogP contribution in [0.25, 0.3) is 0 Å². The lowest BCUT2D eigenvalue weighted by molar-refractivity contribution is 0.472. The molecular weight excluding hydrogens is 310 g/mol. The van der Waals surface area contributed by atoms with Gasteiger partial charge in [0.25, 0.3) is 0 Å². The van der Waals surface area contributed by atoms with Crippen molar-refractivity contribution < 1.29 is 10.2 Å². The summed E-state index contributed by atoms with van der Waals surface area (Å²) in [5.74, 6) is 0.344. The smallest absolute Gasteiger partial charge is 0.139 e. The van der Waals surface area contributed by atoms with Crippen LogP contribution in [0.2, 0.25) is 0 Å². The van der Waals surface area contributed by atoms with E-state index in [0.29, 0.717) is 11.4 Å². The molecule has 0 amide bonds. The Balaban J connectivity index is 2.31. The zero-order valence-corrected chi connectivity index (χ0v) is 15.0. The Kier molecular flexibility index (Phi) is 4.41. The van der Waals surface area contributed by atoms with Gasteiger partial charge in [-0.15, -0.1) is 0 Å². The zero-order chi connectivity index (χ0) is 18.1. The summed E-state index contributed by atoms with van der Waals surface area (Å²) in [5, 5.41) is 21.0. The lowest BCUT2D eigenvalue weighted by atomic mass is 10.1. The molecule has 3 aromatic carbocycles. The molecule has 3 nitrogen and oxygen atoms in total. The molecule has 0 bridgehead atoms. The second kappa shape index (κ2) is 6.52. The van der Waals surface area contributed by atoms with Crippen molar-refractivity contribution in [2.24, 2.45) is 0 Å². The molecule has 0 unspecified atom stereocenters. The van der Waals surface area contributed by atoms with Crippen molar-refractivity contribution in [1.82, 2.24) is 0 Å². The molecule has 0 aromatic heterocycles. The Morgan fingerprint density at radius 3 is 1.44 bits per heavy atom. The van der Waals surface area contributed by atoms with Gasteiger partial charge >= 0.3 is 0 Å². The third-order valence-electron chi connectivity index (χ3n) is 4.21. The number of phenolic OH excluding ortho intramolecular Hbond substituents is 2. The first-order valence-corrected chi connectivity index (χ1v) is 8.33. The fraction of sp³-hybridized carbons (Fsp3) is 0.182. The quantitative estimate of drug-likeness (QED) is 0.636. The normalized spacial score (nSPS) is 10.7. The minimum absolute atomic E-state index is 0.172. The number of anilines is 3. The highest BCUT2D eigenvalue weighted by atomic mass is 16.3. The predicted octanol–water partition coefficient (Wildman–Crippen LogP) is 5.80. The van der Waals surface area contributed by atoms with Crippen molar-refractivity contribution in [2.75, 3.05) is 4.90 Å². The summed E-state index contributed by atoms with van der Waals surface area (Å²) in [6, 6.07) is 17.2. The van der Waals surface area contributed by atoms with Crippen LogP contribution in [0.1, 0.15) is 22.3 Å². The van der Waals surface area contributed by atoms with Crippen LogP contribution < -0.4 is 4.90 Å². The molecule has 0 saturated carbocycles. The SMILES string of the molecule is Cc1cc(C)cc(N(c2cc(C)ccc2O)c2cc(C)ccc2O)c1. The van der Waals surface area contributed by atoms with Gasteiger partial charge < -0.3 is 15.1 Å². The monoisotopic (exact) mass is 333 g/mol. The molecule has 0 fully saturated rings. The van der Waals surface area contributed by atoms with Gasteiger partial charge in [0, 0.05) is 5.69 Å². The van der Waals surface area contributed by atoms with Crippen LogP contribution in [0, 0.1) is 27.7 Å². The van der Waals surface area contributed by atoms with E-state index in [4.69, 9.17) is 0 Å². The largest absolute Gasteiger partial charge is 0.506 e. The number of aromatic hydroxyl groups is 2. The molecule has 0 aliphatic carbocycles. The van der Waals surface area contributed by atoms with Crippen LogP contribution in [0.5, 0.6) is 11.5 Å². The third kappa shape index (κ3) is 3.45. The number of aryl methyl sites for hydroxylation is 4. The highest BCUT2D eigenvalue weighted by Crippen LogP contribution is 2.44. The maximum absolute atomic E-state index is 10.5. The molecule has 2 N–H and O–H groups in total. The number of hydrogen-bond donors (Lipinski definition) is 2. The molecule has 0 atom stereocenters. The molecule has 3 rings (SSSR count). The van der Waals surface area contributed by atoms with Crippen LogP contribution in [0.3, 0.4) is 0 Å². The van der Waals surface area contributed by atoms with Gasteiger partial charge in [0.05, 0.1) is 11.4 Å². The molecule has 0 spiro atoms. The van der Waals surface area contributed by atoms with Gasteiger partial charge in [0.15, 0.2) is 0 Å². The number of benzene rings is 3. The molecule has 0 heterocycles. The van der Waals surface area contributed by atoms with Gasteiger partial charge in [-0.2, -0.15) is 0 Å². The average molecular weight is 333 g/mol. The molecule has 0 aliphatic heterocycles. The Hall–Kier alpha value is -2.94. The Morgan fingerprint density at radius 2 is 1.00 bits per heavy atom. The van der Waals surface area contributed by atoms with E-state index in [-0.39, 0.29) is 11.5 Å². The molecule has 0 radical (unpaired) electrons. The molecule has 0 saturated heterocycles. The van der Waals surface area contributed by atoms with Gasteiger partial charge in [0.2, 0.25) is 0 Å². The van der Waals surface area contributed by atoms with Crippen LogP contribution in [0.4, 0.5) is 17.1 Å². The van der Waals surface area contributed by atoms with Crippen molar-refractivity contribution in [3.63, 3.8) is 0 Å². The van der Waals surface area contributed by atoms with E-state index in [2.05, 4.69) is 18.2 Å². The summed E-state index contributed by atoms with van der Waals surface area (Å²) in [6.07, 6.45) is 0.